The highest BCUT2D eigenvalue weighted by molar-refractivity contribution is 5.79. The fraction of sp³-hybridized carbons (Fsp3) is 0.438. The fourth-order valence-electron chi connectivity index (χ4n) is 2.39. The Bertz CT molecular complexity index is 624. The molecule has 22 heavy (non-hydrogen) atoms. The molecule has 1 heterocycles. The van der Waals surface area contributed by atoms with Crippen molar-refractivity contribution in [3.05, 3.63) is 47.0 Å². The first-order valence-electron chi connectivity index (χ1n) is 7.43. The van der Waals surface area contributed by atoms with E-state index in [-0.39, 0.29) is 0 Å². The van der Waals surface area contributed by atoms with Crippen molar-refractivity contribution in [1.82, 2.24) is 25.4 Å². The minimum atomic E-state index is 0.597. The molecule has 6 heteroatoms. The van der Waals surface area contributed by atoms with Gasteiger partial charge in [0.1, 0.15) is 6.33 Å². The lowest BCUT2D eigenvalue weighted by Gasteiger charge is -2.12. The number of guanidine groups is 1. The van der Waals surface area contributed by atoms with Crippen molar-refractivity contribution < 1.29 is 0 Å². The minimum absolute atomic E-state index is 0.597. The molecule has 1 aromatic heterocycles. The monoisotopic (exact) mass is 300 g/mol. The maximum absolute atomic E-state index is 4.22. The van der Waals surface area contributed by atoms with Gasteiger partial charge in [0.15, 0.2) is 11.8 Å². The number of rotatable bonds is 5. The third kappa shape index (κ3) is 4.58. The molecule has 0 unspecified atom stereocenters. The standard InChI is InChI=1S/C16H24N6/c1-12-7-13(2)9-14(8-12)5-6-18-16(17-3)19-10-15-21-20-11-22(15)4/h7-9,11H,5-6,10H2,1-4H3,(H2,17,18,19). The molecular formula is C16H24N6. The first-order chi connectivity index (χ1) is 10.6. The second kappa shape index (κ2) is 7.59. The van der Waals surface area contributed by atoms with Crippen LogP contribution in [-0.4, -0.2) is 34.3 Å². The van der Waals surface area contributed by atoms with Gasteiger partial charge in [0.05, 0.1) is 6.54 Å². The lowest BCUT2D eigenvalue weighted by molar-refractivity contribution is 0.723. The Kier molecular flexibility index (Phi) is 5.52. The zero-order chi connectivity index (χ0) is 15.9. The summed E-state index contributed by atoms with van der Waals surface area (Å²) in [5.41, 5.74) is 3.95. The van der Waals surface area contributed by atoms with Gasteiger partial charge in [-0.05, 0) is 25.8 Å². The molecular weight excluding hydrogens is 276 g/mol. The topological polar surface area (TPSA) is 67.1 Å². The summed E-state index contributed by atoms with van der Waals surface area (Å²) >= 11 is 0. The van der Waals surface area contributed by atoms with Gasteiger partial charge >= 0.3 is 0 Å². The number of benzene rings is 1. The summed E-state index contributed by atoms with van der Waals surface area (Å²) in [5, 5.41) is 14.5. The molecule has 0 fully saturated rings. The molecule has 6 nitrogen and oxygen atoms in total. The van der Waals surface area contributed by atoms with Crippen molar-refractivity contribution in [2.75, 3.05) is 13.6 Å². The van der Waals surface area contributed by atoms with E-state index in [1.54, 1.807) is 13.4 Å². The molecule has 118 valence electrons. The van der Waals surface area contributed by atoms with Crippen LogP contribution in [0.4, 0.5) is 0 Å². The minimum Gasteiger partial charge on any atom is -0.356 e. The van der Waals surface area contributed by atoms with Gasteiger partial charge in [-0.1, -0.05) is 29.3 Å². The van der Waals surface area contributed by atoms with Gasteiger partial charge in [-0.2, -0.15) is 0 Å². The van der Waals surface area contributed by atoms with E-state index < -0.39 is 0 Å². The van der Waals surface area contributed by atoms with Crippen LogP contribution in [0.15, 0.2) is 29.5 Å². The van der Waals surface area contributed by atoms with Crippen LogP contribution in [0.1, 0.15) is 22.5 Å². The van der Waals surface area contributed by atoms with Gasteiger partial charge in [-0.25, -0.2) is 0 Å². The van der Waals surface area contributed by atoms with Crippen LogP contribution in [0.5, 0.6) is 0 Å². The first kappa shape index (κ1) is 16.0. The van der Waals surface area contributed by atoms with Crippen LogP contribution in [0.3, 0.4) is 0 Å². The van der Waals surface area contributed by atoms with E-state index in [0.29, 0.717) is 6.54 Å². The van der Waals surface area contributed by atoms with Crippen LogP contribution >= 0.6 is 0 Å². The van der Waals surface area contributed by atoms with Gasteiger partial charge in [0, 0.05) is 20.6 Å². The van der Waals surface area contributed by atoms with E-state index in [9.17, 15) is 0 Å². The molecule has 0 bridgehead atoms. The molecule has 0 aliphatic rings. The van der Waals surface area contributed by atoms with Crippen LogP contribution in [0.2, 0.25) is 0 Å². The quantitative estimate of drug-likeness (QED) is 0.646. The average molecular weight is 300 g/mol. The maximum Gasteiger partial charge on any atom is 0.191 e. The smallest absolute Gasteiger partial charge is 0.191 e. The third-order valence-electron chi connectivity index (χ3n) is 3.43. The van der Waals surface area contributed by atoms with Gasteiger partial charge in [0.25, 0.3) is 0 Å². The highest BCUT2D eigenvalue weighted by Crippen LogP contribution is 2.08. The van der Waals surface area contributed by atoms with Crippen LogP contribution < -0.4 is 10.6 Å². The van der Waals surface area contributed by atoms with Crippen molar-refractivity contribution in [1.29, 1.82) is 0 Å². The van der Waals surface area contributed by atoms with Crippen LogP contribution in [0.25, 0.3) is 0 Å². The van der Waals surface area contributed by atoms with Gasteiger partial charge < -0.3 is 15.2 Å². The molecule has 2 N–H and O–H groups in total. The van der Waals surface area contributed by atoms with Crippen molar-refractivity contribution >= 4 is 5.96 Å². The Morgan fingerprint density at radius 2 is 1.91 bits per heavy atom. The maximum atomic E-state index is 4.22. The van der Waals surface area contributed by atoms with Gasteiger partial charge in [0.2, 0.25) is 0 Å². The SMILES string of the molecule is CN=C(NCCc1cc(C)cc(C)c1)NCc1nncn1C. The van der Waals surface area contributed by atoms with Crippen molar-refractivity contribution in [3.63, 3.8) is 0 Å². The Balaban J connectivity index is 1.80. The third-order valence-corrected chi connectivity index (χ3v) is 3.43. The van der Waals surface area contributed by atoms with Gasteiger partial charge in [-0.15, -0.1) is 10.2 Å². The van der Waals surface area contributed by atoms with Crippen LogP contribution in [-0.2, 0) is 20.0 Å². The Labute approximate surface area is 131 Å². The predicted molar refractivity (Wildman–Crippen MR) is 88.8 cm³/mol. The Morgan fingerprint density at radius 1 is 1.18 bits per heavy atom. The number of aromatic nitrogens is 3. The molecule has 0 spiro atoms. The number of aliphatic imine (C=N–C) groups is 1. The molecule has 0 aliphatic carbocycles. The summed E-state index contributed by atoms with van der Waals surface area (Å²) in [7, 11) is 3.69. The highest BCUT2D eigenvalue weighted by Gasteiger charge is 2.03. The van der Waals surface area contributed by atoms with Gasteiger partial charge in [-0.3, -0.25) is 4.99 Å². The van der Waals surface area contributed by atoms with E-state index in [1.165, 1.54) is 16.7 Å². The molecule has 0 saturated carbocycles. The van der Waals surface area contributed by atoms with Crippen molar-refractivity contribution in [3.8, 4) is 0 Å². The van der Waals surface area contributed by atoms with E-state index in [2.05, 4.69) is 57.9 Å². The fourth-order valence-corrected chi connectivity index (χ4v) is 2.39. The van der Waals surface area contributed by atoms with Crippen molar-refractivity contribution in [2.45, 2.75) is 26.8 Å². The van der Waals surface area contributed by atoms with E-state index >= 15 is 0 Å². The Hall–Kier alpha value is -2.37. The molecule has 1 aromatic carbocycles. The largest absolute Gasteiger partial charge is 0.356 e. The number of hydrogen-bond acceptors (Lipinski definition) is 3. The predicted octanol–water partition coefficient (Wildman–Crippen LogP) is 1.34. The summed E-state index contributed by atoms with van der Waals surface area (Å²) < 4.78 is 1.88. The molecule has 0 aliphatic heterocycles. The Morgan fingerprint density at radius 3 is 2.50 bits per heavy atom. The van der Waals surface area contributed by atoms with E-state index in [4.69, 9.17) is 0 Å². The van der Waals surface area contributed by atoms with E-state index in [0.717, 1.165) is 24.7 Å². The second-order valence-electron chi connectivity index (χ2n) is 5.46. The molecule has 2 aromatic rings. The lowest BCUT2D eigenvalue weighted by Crippen LogP contribution is -2.38. The molecule has 0 amide bonds. The molecule has 0 atom stereocenters. The molecule has 0 radical (unpaired) electrons. The number of nitrogens with one attached hydrogen (secondary N) is 2. The summed E-state index contributed by atoms with van der Waals surface area (Å²) in [6.45, 7) is 5.69. The average Bonchev–Trinajstić information content (AvgIpc) is 2.87. The number of aryl methyl sites for hydroxylation is 3. The van der Waals surface area contributed by atoms with Crippen molar-refractivity contribution in [2.24, 2.45) is 12.0 Å². The highest BCUT2D eigenvalue weighted by atomic mass is 15.3. The summed E-state index contributed by atoms with van der Waals surface area (Å²) in [6, 6.07) is 6.65. The summed E-state index contributed by atoms with van der Waals surface area (Å²) in [4.78, 5) is 4.22. The number of hydrogen-bond donors (Lipinski definition) is 2. The number of nitrogens with zero attached hydrogens (tertiary/aromatic N) is 4. The normalized spacial score (nSPS) is 11.5. The first-order valence-corrected chi connectivity index (χ1v) is 7.43. The lowest BCUT2D eigenvalue weighted by atomic mass is 10.1. The second-order valence-corrected chi connectivity index (χ2v) is 5.46. The molecule has 0 saturated heterocycles. The summed E-state index contributed by atoms with van der Waals surface area (Å²) in [5.74, 6) is 1.64. The zero-order valence-electron chi connectivity index (χ0n) is 13.7. The molecule has 2 rings (SSSR count). The van der Waals surface area contributed by atoms with E-state index in [1.807, 2.05) is 11.6 Å². The van der Waals surface area contributed by atoms with Crippen LogP contribution in [0, 0.1) is 13.8 Å². The zero-order valence-corrected chi connectivity index (χ0v) is 13.7. The summed E-state index contributed by atoms with van der Waals surface area (Å²) in [6.07, 6.45) is 2.65.